The summed E-state index contributed by atoms with van der Waals surface area (Å²) in [6.07, 6.45) is 10.7. The molecule has 2 aromatic carbocycles. The Morgan fingerprint density at radius 3 is 2.12 bits per heavy atom. The minimum atomic E-state index is -0.686. The van der Waals surface area contributed by atoms with Crippen LogP contribution < -0.4 is 9.47 Å². The molecule has 240 valence electrons. The third-order valence-electron chi connectivity index (χ3n) is 9.43. The highest BCUT2D eigenvalue weighted by Gasteiger charge is 2.45. The van der Waals surface area contributed by atoms with Crippen LogP contribution in [0.15, 0.2) is 24.3 Å². The Kier molecular flexibility index (Phi) is 13.1. The standard InChI is InChI=1S/C37H55ClO5/c1-24(2)12-9-13-25(3)14-10-15-26(4)16-11-21-37(8)33(42-34(39)23-41-31-19-17-30(38)18-20-31)22-32-29(7)35(40)27(5)28(6)36(32)43-37/h17-20,24-26,33,40H,9-16,21-23H2,1-8H3/t25-,26+,33?,37-/m0/s1. The molecule has 43 heavy (non-hydrogen) atoms. The van der Waals surface area contributed by atoms with Crippen molar-refractivity contribution in [2.24, 2.45) is 17.8 Å². The van der Waals surface area contributed by atoms with Crippen LogP contribution in [-0.2, 0) is 16.0 Å². The van der Waals surface area contributed by atoms with Gasteiger partial charge >= 0.3 is 5.97 Å². The van der Waals surface area contributed by atoms with E-state index in [1.54, 1.807) is 24.3 Å². The number of ether oxygens (including phenoxy) is 3. The smallest absolute Gasteiger partial charge is 0.344 e. The van der Waals surface area contributed by atoms with E-state index in [2.05, 4.69) is 34.6 Å². The summed E-state index contributed by atoms with van der Waals surface area (Å²) in [7, 11) is 0. The van der Waals surface area contributed by atoms with E-state index in [-0.39, 0.29) is 12.4 Å². The van der Waals surface area contributed by atoms with E-state index < -0.39 is 17.7 Å². The SMILES string of the molecule is Cc1c(C)c2c(c(C)c1O)CC(OC(=O)COc1ccc(Cl)cc1)[C@](C)(CCC[C@H](C)CCC[C@@H](C)CCCC(C)C)O2. The molecule has 0 saturated heterocycles. The normalized spacial score (nSPS) is 19.4. The largest absolute Gasteiger partial charge is 0.507 e. The van der Waals surface area contributed by atoms with Gasteiger partial charge in [-0.2, -0.15) is 0 Å². The maximum Gasteiger partial charge on any atom is 0.344 e. The van der Waals surface area contributed by atoms with Crippen LogP contribution in [0.4, 0.5) is 0 Å². The molecular formula is C37H55ClO5. The van der Waals surface area contributed by atoms with Crippen molar-refractivity contribution in [3.63, 3.8) is 0 Å². The average molecular weight is 615 g/mol. The molecule has 1 aliphatic heterocycles. The molecular weight excluding hydrogens is 560 g/mol. The molecule has 0 aromatic heterocycles. The van der Waals surface area contributed by atoms with Crippen LogP contribution in [0.3, 0.4) is 0 Å². The van der Waals surface area contributed by atoms with Crippen LogP contribution in [0.2, 0.25) is 5.02 Å². The first-order valence-corrected chi connectivity index (χ1v) is 16.8. The molecule has 4 atom stereocenters. The first kappa shape index (κ1) is 35.1. The van der Waals surface area contributed by atoms with Gasteiger partial charge in [0.15, 0.2) is 6.61 Å². The minimum absolute atomic E-state index is 0.203. The number of rotatable bonds is 16. The van der Waals surface area contributed by atoms with Crippen LogP contribution in [0.1, 0.15) is 115 Å². The Morgan fingerprint density at radius 1 is 0.930 bits per heavy atom. The summed E-state index contributed by atoms with van der Waals surface area (Å²) in [5, 5.41) is 11.4. The molecule has 0 saturated carbocycles. The van der Waals surface area contributed by atoms with E-state index >= 15 is 0 Å². The molecule has 0 fully saturated rings. The lowest BCUT2D eigenvalue weighted by molar-refractivity contribution is -0.166. The molecule has 1 unspecified atom stereocenters. The highest BCUT2D eigenvalue weighted by atomic mass is 35.5. The number of phenols is 1. The van der Waals surface area contributed by atoms with E-state index in [1.807, 2.05) is 20.8 Å². The number of halogens is 1. The number of fused-ring (bicyclic) bond motifs is 1. The lowest BCUT2D eigenvalue weighted by Crippen LogP contribution is -2.52. The monoisotopic (exact) mass is 614 g/mol. The van der Waals surface area contributed by atoms with E-state index in [0.717, 1.165) is 59.1 Å². The van der Waals surface area contributed by atoms with Crippen molar-refractivity contribution in [2.75, 3.05) is 6.61 Å². The van der Waals surface area contributed by atoms with Crippen LogP contribution in [-0.4, -0.2) is 29.4 Å². The quantitative estimate of drug-likeness (QED) is 0.191. The maximum atomic E-state index is 13.0. The zero-order valence-electron chi connectivity index (χ0n) is 27.9. The van der Waals surface area contributed by atoms with Crippen molar-refractivity contribution in [3.05, 3.63) is 51.5 Å². The lowest BCUT2D eigenvalue weighted by Gasteiger charge is -2.43. The number of esters is 1. The fourth-order valence-electron chi connectivity index (χ4n) is 6.28. The molecule has 0 bridgehead atoms. The highest BCUT2D eigenvalue weighted by molar-refractivity contribution is 6.30. The molecule has 1 aliphatic rings. The molecule has 0 spiro atoms. The molecule has 3 rings (SSSR count). The minimum Gasteiger partial charge on any atom is -0.507 e. The molecule has 0 amide bonds. The topological polar surface area (TPSA) is 65.0 Å². The fourth-order valence-corrected chi connectivity index (χ4v) is 6.40. The van der Waals surface area contributed by atoms with Crippen molar-refractivity contribution in [1.82, 2.24) is 0 Å². The summed E-state index contributed by atoms with van der Waals surface area (Å²) >= 11 is 5.97. The van der Waals surface area contributed by atoms with Gasteiger partial charge in [-0.05, 0) is 99.2 Å². The number of hydrogen-bond acceptors (Lipinski definition) is 5. The summed E-state index contributed by atoms with van der Waals surface area (Å²) < 4.78 is 18.5. The van der Waals surface area contributed by atoms with Crippen molar-refractivity contribution in [1.29, 1.82) is 0 Å². The summed E-state index contributed by atoms with van der Waals surface area (Å²) in [6, 6.07) is 6.90. The second-order valence-corrected chi connectivity index (χ2v) is 14.2. The van der Waals surface area contributed by atoms with Gasteiger partial charge in [-0.1, -0.05) is 84.2 Å². The highest BCUT2D eigenvalue weighted by Crippen LogP contribution is 2.45. The number of hydrogen-bond donors (Lipinski definition) is 1. The van der Waals surface area contributed by atoms with Crippen LogP contribution in [0.5, 0.6) is 17.2 Å². The van der Waals surface area contributed by atoms with Gasteiger partial charge in [0.25, 0.3) is 0 Å². The molecule has 0 radical (unpaired) electrons. The zero-order chi connectivity index (χ0) is 31.7. The molecule has 6 heteroatoms. The van der Waals surface area contributed by atoms with Crippen LogP contribution in [0, 0.1) is 38.5 Å². The molecule has 1 N–H and O–H groups in total. The number of phenolic OH excluding ortho intramolecular Hbond substituents is 1. The Hall–Kier alpha value is -2.40. The molecule has 5 nitrogen and oxygen atoms in total. The Bertz CT molecular complexity index is 1190. The Labute approximate surface area is 265 Å². The third kappa shape index (κ3) is 10.1. The van der Waals surface area contributed by atoms with Crippen molar-refractivity contribution in [3.8, 4) is 17.2 Å². The predicted octanol–water partition coefficient (Wildman–Crippen LogP) is 10.1. The number of carbonyl (C=O) groups excluding carboxylic acids is 1. The summed E-state index contributed by atoms with van der Waals surface area (Å²) in [5.41, 5.74) is 2.78. The van der Waals surface area contributed by atoms with E-state index in [1.165, 1.54) is 38.5 Å². The number of carbonyl (C=O) groups is 1. The van der Waals surface area contributed by atoms with Crippen LogP contribution >= 0.6 is 11.6 Å². The van der Waals surface area contributed by atoms with Gasteiger partial charge in [-0.3, -0.25) is 0 Å². The first-order chi connectivity index (χ1) is 20.3. The second kappa shape index (κ2) is 16.1. The van der Waals surface area contributed by atoms with Gasteiger partial charge in [-0.15, -0.1) is 0 Å². The van der Waals surface area contributed by atoms with Gasteiger partial charge in [0.05, 0.1) is 0 Å². The number of benzene rings is 2. The summed E-state index contributed by atoms with van der Waals surface area (Å²) in [5.74, 6) is 3.45. The summed E-state index contributed by atoms with van der Waals surface area (Å²) in [6.45, 7) is 17.0. The Balaban J connectivity index is 1.62. The predicted molar refractivity (Wildman–Crippen MR) is 177 cm³/mol. The van der Waals surface area contributed by atoms with Gasteiger partial charge in [0.1, 0.15) is 29.0 Å². The zero-order valence-corrected chi connectivity index (χ0v) is 28.6. The van der Waals surface area contributed by atoms with Crippen LogP contribution in [0.25, 0.3) is 0 Å². The lowest BCUT2D eigenvalue weighted by atomic mass is 9.81. The Morgan fingerprint density at radius 2 is 1.51 bits per heavy atom. The van der Waals surface area contributed by atoms with E-state index in [9.17, 15) is 9.90 Å². The first-order valence-electron chi connectivity index (χ1n) is 16.4. The van der Waals surface area contributed by atoms with Crippen molar-refractivity contribution < 1.29 is 24.1 Å². The third-order valence-corrected chi connectivity index (χ3v) is 9.68. The molecule has 0 aliphatic carbocycles. The van der Waals surface area contributed by atoms with Crippen molar-refractivity contribution in [2.45, 2.75) is 131 Å². The van der Waals surface area contributed by atoms with Crippen molar-refractivity contribution >= 4 is 17.6 Å². The van der Waals surface area contributed by atoms with Gasteiger partial charge in [0, 0.05) is 17.0 Å². The van der Waals surface area contributed by atoms with Gasteiger partial charge < -0.3 is 19.3 Å². The molecule has 1 heterocycles. The maximum absolute atomic E-state index is 13.0. The van der Waals surface area contributed by atoms with E-state index in [0.29, 0.717) is 23.1 Å². The van der Waals surface area contributed by atoms with Gasteiger partial charge in [-0.25, -0.2) is 4.79 Å². The number of aromatic hydroxyl groups is 1. The van der Waals surface area contributed by atoms with Gasteiger partial charge in [0.2, 0.25) is 0 Å². The fraction of sp³-hybridized carbons (Fsp3) is 0.649. The second-order valence-electron chi connectivity index (χ2n) is 13.7. The summed E-state index contributed by atoms with van der Waals surface area (Å²) in [4.78, 5) is 13.0. The molecule has 2 aromatic rings. The van der Waals surface area contributed by atoms with E-state index in [4.69, 9.17) is 25.8 Å². The average Bonchev–Trinajstić information content (AvgIpc) is 2.95.